The van der Waals surface area contributed by atoms with E-state index >= 15 is 0 Å². The number of hydrogen-bond donors (Lipinski definition) is 6. The molecule has 0 spiro atoms. The molecule has 4 atom stereocenters. The van der Waals surface area contributed by atoms with Crippen LogP contribution in [0.5, 0.6) is 0 Å². The minimum absolute atomic E-state index is 0.148. The minimum Gasteiger partial charge on any atom is -0.394 e. The predicted octanol–water partition coefficient (Wildman–Crippen LogP) is -2.20. The van der Waals surface area contributed by atoms with E-state index in [-0.39, 0.29) is 12.5 Å². The lowest BCUT2D eigenvalue weighted by Crippen LogP contribution is -2.45. The molecule has 0 amide bonds. The molecule has 1 saturated heterocycles. The van der Waals surface area contributed by atoms with Crippen molar-refractivity contribution >= 4 is 25.1 Å². The zero-order valence-electron chi connectivity index (χ0n) is 11.7. The van der Waals surface area contributed by atoms with E-state index < -0.39 is 39.0 Å². The predicted molar refractivity (Wildman–Crippen MR) is 76.1 cm³/mol. The quantitative estimate of drug-likeness (QED) is 0.323. The molecule has 2 aliphatic heterocycles. The highest BCUT2D eigenvalue weighted by molar-refractivity contribution is 7.46. The van der Waals surface area contributed by atoms with E-state index in [0.29, 0.717) is 11.5 Å². The highest BCUT2D eigenvalue weighted by atomic mass is 31.2. The first-order valence-corrected chi connectivity index (χ1v) is 8.14. The van der Waals surface area contributed by atoms with Gasteiger partial charge < -0.3 is 40.7 Å². The van der Waals surface area contributed by atoms with Gasteiger partial charge in [0, 0.05) is 0 Å². The van der Waals surface area contributed by atoms with Crippen LogP contribution in [0.2, 0.25) is 0 Å². The monoisotopic (exact) mass is 349 g/mol. The molecule has 13 heteroatoms. The number of nitrogen functional groups attached to an aromatic ring is 1. The van der Waals surface area contributed by atoms with Crippen molar-refractivity contribution in [3.05, 3.63) is 6.33 Å². The Hall–Kier alpha value is -1.53. The number of hydrogen-bond acceptors (Lipinski definition) is 10. The largest absolute Gasteiger partial charge is 0.470 e. The van der Waals surface area contributed by atoms with Crippen LogP contribution in [0, 0.1) is 0 Å². The van der Waals surface area contributed by atoms with Crippen LogP contribution in [-0.2, 0) is 13.8 Å². The van der Waals surface area contributed by atoms with E-state index in [2.05, 4.69) is 19.8 Å². The Morgan fingerprint density at radius 1 is 1.52 bits per heavy atom. The Morgan fingerprint density at radius 3 is 2.91 bits per heavy atom. The van der Waals surface area contributed by atoms with Gasteiger partial charge in [0.05, 0.1) is 13.3 Å². The summed E-state index contributed by atoms with van der Waals surface area (Å²) in [4.78, 5) is 27.4. The van der Waals surface area contributed by atoms with Crippen molar-refractivity contribution in [1.29, 1.82) is 0 Å². The maximum absolute atomic E-state index is 11.2. The SMILES string of the molecule is Nc1ncnc2c1NCN2[C@@H]1O[C@H](CO)[C@@H](O)[C@H]1OP(=O)(O)O. The summed E-state index contributed by atoms with van der Waals surface area (Å²) in [6.45, 7) is -0.395. The van der Waals surface area contributed by atoms with Gasteiger partial charge in [-0.2, -0.15) is 0 Å². The van der Waals surface area contributed by atoms with Crippen molar-refractivity contribution < 1.29 is 33.8 Å². The van der Waals surface area contributed by atoms with E-state index in [1.807, 2.05) is 0 Å². The first kappa shape index (κ1) is 16.3. The number of rotatable bonds is 4. The van der Waals surface area contributed by atoms with Gasteiger partial charge in [0.1, 0.15) is 30.3 Å². The topological polar surface area (TPSA) is 184 Å². The molecule has 1 aromatic rings. The molecule has 0 unspecified atom stereocenters. The van der Waals surface area contributed by atoms with Gasteiger partial charge >= 0.3 is 7.82 Å². The van der Waals surface area contributed by atoms with Gasteiger partial charge in [0.15, 0.2) is 17.9 Å². The third-order valence-electron chi connectivity index (χ3n) is 3.61. The summed E-state index contributed by atoms with van der Waals surface area (Å²) in [5.41, 5.74) is 6.16. The molecule has 3 heterocycles. The fourth-order valence-corrected chi connectivity index (χ4v) is 3.16. The molecule has 0 radical (unpaired) electrons. The van der Waals surface area contributed by atoms with Crippen molar-refractivity contribution in [2.45, 2.75) is 24.5 Å². The molecule has 0 saturated carbocycles. The van der Waals surface area contributed by atoms with Gasteiger partial charge in [0.25, 0.3) is 0 Å². The number of phosphoric acid groups is 1. The first-order valence-electron chi connectivity index (χ1n) is 6.61. The minimum atomic E-state index is -4.89. The van der Waals surface area contributed by atoms with E-state index in [1.165, 1.54) is 11.2 Å². The average molecular weight is 349 g/mol. The molecular formula is C10H16N5O7P. The van der Waals surface area contributed by atoms with Gasteiger partial charge in [-0.3, -0.25) is 4.52 Å². The van der Waals surface area contributed by atoms with Crippen molar-refractivity contribution in [1.82, 2.24) is 9.97 Å². The Labute approximate surface area is 130 Å². The van der Waals surface area contributed by atoms with Crippen molar-refractivity contribution in [2.75, 3.05) is 29.2 Å². The fraction of sp³-hybridized carbons (Fsp3) is 0.600. The standard InChI is InChI=1S/C10H16N5O7P/c11-8-5-9(13-2-12-8)15(3-14-5)10-7(22-23(18,19)20)6(17)4(1-16)21-10/h2,4,6-7,10,14,16-17H,1,3H2,(H2,11,12,13)(H2,18,19,20)/t4-,6-,7-,10-/m1/s1. The molecule has 23 heavy (non-hydrogen) atoms. The summed E-state index contributed by atoms with van der Waals surface area (Å²) < 4.78 is 21.3. The van der Waals surface area contributed by atoms with Crippen LogP contribution >= 0.6 is 7.82 Å². The number of nitrogens with one attached hydrogen (secondary N) is 1. The van der Waals surface area contributed by atoms with Crippen LogP contribution in [0.15, 0.2) is 6.33 Å². The highest BCUT2D eigenvalue weighted by Crippen LogP contribution is 2.44. The summed E-state index contributed by atoms with van der Waals surface area (Å²) in [6, 6.07) is 0. The Balaban J connectivity index is 1.92. The number of fused-ring (bicyclic) bond motifs is 1. The van der Waals surface area contributed by atoms with Gasteiger partial charge in [-0.25, -0.2) is 14.5 Å². The summed E-state index contributed by atoms with van der Waals surface area (Å²) in [7, 11) is -4.89. The lowest BCUT2D eigenvalue weighted by Gasteiger charge is -2.29. The van der Waals surface area contributed by atoms with E-state index in [1.54, 1.807) is 0 Å². The number of anilines is 3. The second kappa shape index (κ2) is 5.83. The molecular weight excluding hydrogens is 333 g/mol. The van der Waals surface area contributed by atoms with Gasteiger partial charge in [-0.15, -0.1) is 0 Å². The molecule has 12 nitrogen and oxygen atoms in total. The Kier molecular flexibility index (Phi) is 4.14. The molecule has 0 aromatic carbocycles. The number of aliphatic hydroxyl groups is 2. The summed E-state index contributed by atoms with van der Waals surface area (Å²) in [5.74, 6) is 0.537. The van der Waals surface area contributed by atoms with Gasteiger partial charge in [-0.05, 0) is 0 Å². The van der Waals surface area contributed by atoms with Crippen molar-refractivity contribution in [2.24, 2.45) is 0 Å². The number of phosphoric ester groups is 1. The normalized spacial score (nSPS) is 30.3. The van der Waals surface area contributed by atoms with Crippen LogP contribution in [0.25, 0.3) is 0 Å². The van der Waals surface area contributed by atoms with E-state index in [0.717, 1.165) is 0 Å². The average Bonchev–Trinajstić information content (AvgIpc) is 3.01. The second-order valence-electron chi connectivity index (χ2n) is 5.06. The summed E-state index contributed by atoms with van der Waals surface area (Å²) in [6.07, 6.45) is -3.74. The zero-order valence-corrected chi connectivity index (χ0v) is 12.6. The van der Waals surface area contributed by atoms with Gasteiger partial charge in [0.2, 0.25) is 0 Å². The Bertz CT molecular complexity index is 642. The molecule has 3 rings (SSSR count). The first-order chi connectivity index (χ1) is 10.8. The maximum Gasteiger partial charge on any atom is 0.470 e. The molecule has 1 aromatic heterocycles. The molecule has 0 aliphatic carbocycles. The molecule has 128 valence electrons. The van der Waals surface area contributed by atoms with Crippen LogP contribution in [-0.4, -0.2) is 67.8 Å². The lowest BCUT2D eigenvalue weighted by molar-refractivity contribution is -0.0219. The van der Waals surface area contributed by atoms with Crippen LogP contribution in [0.1, 0.15) is 0 Å². The fourth-order valence-electron chi connectivity index (χ4n) is 2.62. The van der Waals surface area contributed by atoms with E-state index in [9.17, 15) is 14.8 Å². The number of ether oxygens (including phenoxy) is 1. The Morgan fingerprint density at radius 2 is 2.26 bits per heavy atom. The second-order valence-corrected chi connectivity index (χ2v) is 6.25. The highest BCUT2D eigenvalue weighted by Gasteiger charge is 2.51. The van der Waals surface area contributed by atoms with Crippen LogP contribution in [0.4, 0.5) is 17.3 Å². The van der Waals surface area contributed by atoms with Gasteiger partial charge in [-0.1, -0.05) is 0 Å². The number of nitrogens with zero attached hydrogens (tertiary/aromatic N) is 3. The third-order valence-corrected chi connectivity index (χ3v) is 4.13. The smallest absolute Gasteiger partial charge is 0.394 e. The lowest BCUT2D eigenvalue weighted by atomic mass is 10.1. The summed E-state index contributed by atoms with van der Waals surface area (Å²) >= 11 is 0. The van der Waals surface area contributed by atoms with E-state index in [4.69, 9.17) is 20.3 Å². The van der Waals surface area contributed by atoms with Crippen molar-refractivity contribution in [3.8, 4) is 0 Å². The molecule has 0 bridgehead atoms. The molecule has 2 aliphatic rings. The van der Waals surface area contributed by atoms with Crippen molar-refractivity contribution in [3.63, 3.8) is 0 Å². The third kappa shape index (κ3) is 2.97. The summed E-state index contributed by atoms with van der Waals surface area (Å²) in [5, 5.41) is 22.3. The van der Waals surface area contributed by atoms with Crippen LogP contribution in [0.3, 0.4) is 0 Å². The number of aromatic nitrogens is 2. The molecule has 7 N–H and O–H groups in total. The zero-order chi connectivity index (χ0) is 16.8. The van der Waals surface area contributed by atoms with Crippen LogP contribution < -0.4 is 16.0 Å². The maximum atomic E-state index is 11.2. The molecule has 1 fully saturated rings. The number of nitrogens with two attached hydrogens (primary N) is 1. The number of aliphatic hydroxyl groups excluding tert-OH is 2.